The summed E-state index contributed by atoms with van der Waals surface area (Å²) < 4.78 is 38.4. The first kappa shape index (κ1) is 22.8. The van der Waals surface area contributed by atoms with Gasteiger partial charge in [0.1, 0.15) is 29.8 Å². The van der Waals surface area contributed by atoms with Gasteiger partial charge in [-0.1, -0.05) is 11.6 Å². The van der Waals surface area contributed by atoms with Gasteiger partial charge in [0.25, 0.3) is 0 Å². The normalized spacial score (nSPS) is 25.7. The van der Waals surface area contributed by atoms with E-state index in [1.165, 1.54) is 13.0 Å². The maximum absolute atomic E-state index is 13.4. The van der Waals surface area contributed by atoms with Crippen molar-refractivity contribution in [1.29, 1.82) is 0 Å². The van der Waals surface area contributed by atoms with Crippen LogP contribution >= 0.6 is 11.6 Å². The topological polar surface area (TPSA) is 71.0 Å². The summed E-state index contributed by atoms with van der Waals surface area (Å²) in [5, 5.41) is 14.1. The number of aliphatic hydroxyl groups is 1. The summed E-state index contributed by atoms with van der Waals surface area (Å²) in [5.41, 5.74) is 0.460. The summed E-state index contributed by atoms with van der Waals surface area (Å²) in [5.74, 6) is -1.35. The third-order valence-electron chi connectivity index (χ3n) is 5.89. The van der Waals surface area contributed by atoms with Gasteiger partial charge >= 0.3 is 0 Å². The molecule has 4 rings (SSSR count). The molecule has 2 aromatic rings. The fourth-order valence-corrected chi connectivity index (χ4v) is 4.57. The molecule has 2 N–H and O–H groups in total. The highest BCUT2D eigenvalue weighted by Gasteiger charge is 2.42. The number of likely N-dealkylation sites (tertiary alicyclic amines) is 1. The van der Waals surface area contributed by atoms with Crippen molar-refractivity contribution in [3.05, 3.63) is 53.1 Å². The van der Waals surface area contributed by atoms with Crippen molar-refractivity contribution in [3.63, 3.8) is 0 Å². The van der Waals surface area contributed by atoms with E-state index in [-0.39, 0.29) is 23.8 Å². The molecule has 0 unspecified atom stereocenters. The van der Waals surface area contributed by atoms with Crippen molar-refractivity contribution in [2.75, 3.05) is 18.4 Å². The third-order valence-corrected chi connectivity index (χ3v) is 6.13. The molecule has 0 radical (unpaired) electrons. The molecule has 4 atom stereocenters. The van der Waals surface area contributed by atoms with Crippen LogP contribution < -0.4 is 14.8 Å². The van der Waals surface area contributed by atoms with Crippen LogP contribution in [0, 0.1) is 11.6 Å². The highest BCUT2D eigenvalue weighted by Crippen LogP contribution is 2.35. The minimum atomic E-state index is -0.940. The molecule has 1 heterocycles. The number of hydrogen-bond acceptors (Lipinski definition) is 5. The molecule has 6 nitrogen and oxygen atoms in total. The molecule has 0 bridgehead atoms. The Morgan fingerprint density at radius 2 is 1.94 bits per heavy atom. The SMILES string of the molecule is CC(=O)Nc1cc(Cl)ccc1O[C@H]1CC[C@H](N2CC[C@H](Oc3ccc(F)c(F)c3)C2)[C@H]1O. The Bertz CT molecular complexity index is 992. The number of ether oxygens (including phenoxy) is 2. The average molecular weight is 467 g/mol. The molecule has 9 heteroatoms. The molecular weight excluding hydrogens is 442 g/mol. The number of benzene rings is 2. The summed E-state index contributed by atoms with van der Waals surface area (Å²) in [6.45, 7) is 2.70. The Morgan fingerprint density at radius 3 is 2.69 bits per heavy atom. The van der Waals surface area contributed by atoms with E-state index in [2.05, 4.69) is 10.2 Å². The van der Waals surface area contributed by atoms with Crippen LogP contribution in [0.15, 0.2) is 36.4 Å². The van der Waals surface area contributed by atoms with Gasteiger partial charge in [-0.05, 0) is 49.6 Å². The van der Waals surface area contributed by atoms with Crippen molar-refractivity contribution in [3.8, 4) is 11.5 Å². The lowest BCUT2D eigenvalue weighted by molar-refractivity contribution is -0.114. The van der Waals surface area contributed by atoms with Gasteiger partial charge in [0.05, 0.1) is 5.69 Å². The zero-order valence-corrected chi connectivity index (χ0v) is 18.3. The summed E-state index contributed by atoms with van der Waals surface area (Å²) >= 11 is 6.03. The number of hydrogen-bond donors (Lipinski definition) is 2. The number of carbonyl (C=O) groups is 1. The molecular formula is C23H25ClF2N2O4. The smallest absolute Gasteiger partial charge is 0.221 e. The van der Waals surface area contributed by atoms with Crippen LogP contribution in [0.5, 0.6) is 11.5 Å². The lowest BCUT2D eigenvalue weighted by Gasteiger charge is -2.28. The van der Waals surface area contributed by atoms with Gasteiger partial charge in [-0.3, -0.25) is 9.69 Å². The number of carbonyl (C=O) groups excluding carboxylic acids is 1. The first-order valence-electron chi connectivity index (χ1n) is 10.6. The molecule has 2 fully saturated rings. The zero-order valence-electron chi connectivity index (χ0n) is 17.6. The second-order valence-corrected chi connectivity index (χ2v) is 8.65. The van der Waals surface area contributed by atoms with Crippen molar-refractivity contribution in [2.45, 2.75) is 50.5 Å². The number of nitrogens with one attached hydrogen (secondary N) is 1. The fraction of sp³-hybridized carbons (Fsp3) is 0.435. The third kappa shape index (κ3) is 5.14. The predicted molar refractivity (Wildman–Crippen MR) is 116 cm³/mol. The molecule has 1 saturated carbocycles. The first-order chi connectivity index (χ1) is 15.3. The molecule has 172 valence electrons. The van der Waals surface area contributed by atoms with Gasteiger partial charge in [0, 0.05) is 37.1 Å². The first-order valence-corrected chi connectivity index (χ1v) is 11.0. The summed E-state index contributed by atoms with van der Waals surface area (Å²) in [6, 6.07) is 8.36. The van der Waals surface area contributed by atoms with Gasteiger partial charge < -0.3 is 19.9 Å². The number of anilines is 1. The number of nitrogens with zero attached hydrogens (tertiary/aromatic N) is 1. The second kappa shape index (κ2) is 9.60. The summed E-state index contributed by atoms with van der Waals surface area (Å²) in [6.07, 6.45) is 0.788. The molecule has 2 aromatic carbocycles. The second-order valence-electron chi connectivity index (χ2n) is 8.21. The van der Waals surface area contributed by atoms with E-state index < -0.39 is 23.8 Å². The van der Waals surface area contributed by atoms with Crippen LogP contribution in [0.25, 0.3) is 0 Å². The Balaban J connectivity index is 1.36. The van der Waals surface area contributed by atoms with E-state index in [1.807, 2.05) is 0 Å². The number of rotatable bonds is 6. The Labute approximate surface area is 190 Å². The van der Waals surface area contributed by atoms with Gasteiger partial charge in [-0.15, -0.1) is 0 Å². The average Bonchev–Trinajstić information content (AvgIpc) is 3.33. The number of halogens is 3. The van der Waals surface area contributed by atoms with E-state index in [4.69, 9.17) is 21.1 Å². The predicted octanol–water partition coefficient (Wildman–Crippen LogP) is 4.00. The van der Waals surface area contributed by atoms with Crippen LogP contribution in [0.4, 0.5) is 14.5 Å². The maximum Gasteiger partial charge on any atom is 0.221 e. The summed E-state index contributed by atoms with van der Waals surface area (Å²) in [4.78, 5) is 13.6. The molecule has 1 aliphatic carbocycles. The van der Waals surface area contributed by atoms with Gasteiger partial charge in [0.15, 0.2) is 11.6 Å². The largest absolute Gasteiger partial charge is 0.489 e. The molecule has 32 heavy (non-hydrogen) atoms. The minimum Gasteiger partial charge on any atom is -0.489 e. The van der Waals surface area contributed by atoms with Gasteiger partial charge in [-0.2, -0.15) is 0 Å². The minimum absolute atomic E-state index is 0.102. The van der Waals surface area contributed by atoms with Crippen LogP contribution in [0.3, 0.4) is 0 Å². The van der Waals surface area contributed by atoms with Gasteiger partial charge in [0.2, 0.25) is 5.91 Å². The lowest BCUT2D eigenvalue weighted by atomic mass is 10.1. The van der Waals surface area contributed by atoms with E-state index in [0.717, 1.165) is 31.5 Å². The van der Waals surface area contributed by atoms with Crippen LogP contribution in [0.1, 0.15) is 26.2 Å². The quantitative estimate of drug-likeness (QED) is 0.673. The zero-order chi connectivity index (χ0) is 22.8. The van der Waals surface area contributed by atoms with E-state index >= 15 is 0 Å². The molecule has 1 aliphatic heterocycles. The lowest BCUT2D eigenvalue weighted by Crippen LogP contribution is -2.44. The number of aliphatic hydroxyl groups excluding tert-OH is 1. The van der Waals surface area contributed by atoms with Crippen molar-refractivity contribution in [1.82, 2.24) is 4.90 Å². The maximum atomic E-state index is 13.4. The van der Waals surface area contributed by atoms with E-state index in [9.17, 15) is 18.7 Å². The monoisotopic (exact) mass is 466 g/mol. The van der Waals surface area contributed by atoms with Crippen LogP contribution in [-0.4, -0.2) is 53.4 Å². The van der Waals surface area contributed by atoms with E-state index in [1.54, 1.807) is 18.2 Å². The Hall–Kier alpha value is -2.42. The molecule has 2 aliphatic rings. The number of amides is 1. The van der Waals surface area contributed by atoms with Crippen LogP contribution in [0.2, 0.25) is 5.02 Å². The highest BCUT2D eigenvalue weighted by molar-refractivity contribution is 6.31. The Morgan fingerprint density at radius 1 is 1.12 bits per heavy atom. The van der Waals surface area contributed by atoms with Crippen LogP contribution in [-0.2, 0) is 4.79 Å². The summed E-state index contributed by atoms with van der Waals surface area (Å²) in [7, 11) is 0. The standard InChI is InChI=1S/C23H25ClF2N2O4/c1-13(29)27-19-10-14(24)2-6-21(19)32-22-7-5-20(23(22)30)28-9-8-16(12-28)31-15-3-4-17(25)18(26)11-15/h2-4,6,10-11,16,20,22-23,30H,5,7-9,12H2,1H3,(H,27,29)/t16-,20-,22-,23+/m0/s1. The Kier molecular flexibility index (Phi) is 6.83. The highest BCUT2D eigenvalue weighted by atomic mass is 35.5. The van der Waals surface area contributed by atoms with Crippen molar-refractivity contribution in [2.24, 2.45) is 0 Å². The molecule has 0 aromatic heterocycles. The fourth-order valence-electron chi connectivity index (χ4n) is 4.40. The molecule has 1 saturated heterocycles. The van der Waals surface area contributed by atoms with Gasteiger partial charge in [-0.25, -0.2) is 8.78 Å². The molecule has 1 amide bonds. The van der Waals surface area contributed by atoms with Crippen molar-refractivity contribution >= 4 is 23.2 Å². The van der Waals surface area contributed by atoms with E-state index in [0.29, 0.717) is 29.4 Å². The van der Waals surface area contributed by atoms with Crippen molar-refractivity contribution < 1.29 is 28.2 Å². The molecule has 0 spiro atoms.